The summed E-state index contributed by atoms with van der Waals surface area (Å²) in [6, 6.07) is 0. The van der Waals surface area contributed by atoms with Crippen LogP contribution in [0.1, 0.15) is 452 Å². The Kier molecular flexibility index (Phi) is 75.0. The van der Waals surface area contributed by atoms with Crippen LogP contribution in [0.25, 0.3) is 0 Å². The molecule has 0 aliphatic heterocycles. The van der Waals surface area contributed by atoms with Gasteiger partial charge in [-0.15, -0.1) is 0 Å². The monoisotopic (exact) mass is 1520 g/mol. The van der Waals surface area contributed by atoms with E-state index in [1.54, 1.807) is 0 Å². The Bertz CT molecular complexity index is 1990. The number of aliphatic hydroxyl groups excluding tert-OH is 1. The molecule has 0 rings (SSSR count). The third kappa shape index (κ3) is 78.2. The van der Waals surface area contributed by atoms with Gasteiger partial charge in [0, 0.05) is 25.7 Å². The average molecular weight is 1520 g/mol. The van der Waals surface area contributed by atoms with Crippen molar-refractivity contribution in [2.75, 3.05) is 39.6 Å². The number of phosphoric acid groups is 2. The number of hydrogen-bond acceptors (Lipinski definition) is 15. The molecule has 0 saturated heterocycles. The van der Waals surface area contributed by atoms with E-state index < -0.39 is 97.5 Å². The van der Waals surface area contributed by atoms with Gasteiger partial charge in [-0.25, -0.2) is 9.13 Å². The highest BCUT2D eigenvalue weighted by atomic mass is 31.2. The normalized spacial score (nSPS) is 13.8. The van der Waals surface area contributed by atoms with Crippen LogP contribution in [0.4, 0.5) is 0 Å². The average Bonchev–Trinajstić information content (AvgIpc) is 0.906. The molecule has 0 aromatic heterocycles. The Morgan fingerprint density at radius 1 is 0.260 bits per heavy atom. The first-order chi connectivity index (χ1) is 50.4. The van der Waals surface area contributed by atoms with Gasteiger partial charge in [0.25, 0.3) is 0 Å². The van der Waals surface area contributed by atoms with E-state index in [-0.39, 0.29) is 25.7 Å². The molecule has 19 heteroatoms. The minimum atomic E-state index is -4.97. The number of unbranched alkanes of at least 4 members (excludes halogenated alkanes) is 54. The first-order valence-electron chi connectivity index (χ1n) is 44.0. The predicted molar refractivity (Wildman–Crippen MR) is 428 cm³/mol. The molecule has 0 aromatic rings. The second kappa shape index (κ2) is 76.4. The third-order valence-electron chi connectivity index (χ3n) is 20.0. The molecule has 0 spiro atoms. The van der Waals surface area contributed by atoms with Crippen LogP contribution in [-0.4, -0.2) is 96.7 Å². The Morgan fingerprint density at radius 3 is 0.654 bits per heavy atom. The Labute approximate surface area is 638 Å². The summed E-state index contributed by atoms with van der Waals surface area (Å²) in [5.74, 6) is -0.578. The van der Waals surface area contributed by atoms with Crippen LogP contribution in [-0.2, 0) is 65.4 Å². The summed E-state index contributed by atoms with van der Waals surface area (Å²) in [5.41, 5.74) is 0. The van der Waals surface area contributed by atoms with Crippen molar-refractivity contribution in [2.24, 2.45) is 11.8 Å². The van der Waals surface area contributed by atoms with Gasteiger partial charge in [-0.3, -0.25) is 37.3 Å². The Balaban J connectivity index is 5.22. The maximum atomic E-state index is 13.1. The Hall–Kier alpha value is -1.94. The lowest BCUT2D eigenvalue weighted by Gasteiger charge is -2.21. The SMILES string of the molecule is CCCCCCCCCCCCCCCCCCCCCC(=O)OC[C@H](COP(=O)(O)OC[C@@H](O)COP(=O)(O)OC[C@@H](COC(=O)CCCCCCCCCC(C)C)OC(=O)CCCCCCCCCCCCCCCC)OC(=O)CCCCCCCCCCCCCCCCCCCCC(C)C. The number of phosphoric ester groups is 2. The summed E-state index contributed by atoms with van der Waals surface area (Å²) < 4.78 is 68.8. The molecule has 618 valence electrons. The molecule has 3 N–H and O–H groups in total. The fourth-order valence-corrected chi connectivity index (χ4v) is 14.8. The first kappa shape index (κ1) is 102. The molecule has 0 saturated carbocycles. The number of rotatable bonds is 84. The predicted octanol–water partition coefficient (Wildman–Crippen LogP) is 25.8. The van der Waals surface area contributed by atoms with Crippen LogP contribution in [0.2, 0.25) is 0 Å². The van der Waals surface area contributed by atoms with Crippen molar-refractivity contribution >= 4 is 39.5 Å². The van der Waals surface area contributed by atoms with Gasteiger partial charge in [0.15, 0.2) is 12.2 Å². The number of esters is 4. The second-order valence-corrected chi connectivity index (χ2v) is 34.4. The molecule has 0 aliphatic carbocycles. The fourth-order valence-electron chi connectivity index (χ4n) is 13.2. The maximum Gasteiger partial charge on any atom is 0.472 e. The van der Waals surface area contributed by atoms with E-state index >= 15 is 0 Å². The molecular formula is C85H166O17P2. The van der Waals surface area contributed by atoms with Crippen LogP contribution in [0.3, 0.4) is 0 Å². The number of carbonyl (C=O) groups is 4. The molecule has 104 heavy (non-hydrogen) atoms. The van der Waals surface area contributed by atoms with Crippen molar-refractivity contribution in [2.45, 2.75) is 471 Å². The molecule has 0 amide bonds. The highest BCUT2D eigenvalue weighted by Gasteiger charge is 2.30. The van der Waals surface area contributed by atoms with Crippen LogP contribution >= 0.6 is 15.6 Å². The topological polar surface area (TPSA) is 237 Å². The molecular weight excluding hydrogens is 1350 g/mol. The zero-order valence-corrected chi connectivity index (χ0v) is 70.1. The summed E-state index contributed by atoms with van der Waals surface area (Å²) in [6.07, 6.45) is 68.2. The van der Waals surface area contributed by atoms with E-state index in [0.29, 0.717) is 31.6 Å². The summed E-state index contributed by atoms with van der Waals surface area (Å²) in [5, 5.41) is 10.7. The van der Waals surface area contributed by atoms with Gasteiger partial charge in [0.05, 0.1) is 26.4 Å². The molecule has 5 atom stereocenters. The number of aliphatic hydroxyl groups is 1. The summed E-state index contributed by atoms with van der Waals surface area (Å²) in [7, 11) is -9.92. The lowest BCUT2D eigenvalue weighted by atomic mass is 10.0. The molecule has 0 heterocycles. The molecule has 17 nitrogen and oxygen atoms in total. The minimum absolute atomic E-state index is 0.107. The number of hydrogen-bond donors (Lipinski definition) is 3. The first-order valence-corrected chi connectivity index (χ1v) is 47.0. The maximum absolute atomic E-state index is 13.1. The zero-order valence-electron chi connectivity index (χ0n) is 68.3. The van der Waals surface area contributed by atoms with Crippen LogP contribution in [0, 0.1) is 11.8 Å². The van der Waals surface area contributed by atoms with Crippen molar-refractivity contribution < 1.29 is 80.2 Å². The Morgan fingerprint density at radius 2 is 0.442 bits per heavy atom. The molecule has 0 aromatic carbocycles. The van der Waals surface area contributed by atoms with Crippen LogP contribution in [0.5, 0.6) is 0 Å². The lowest BCUT2D eigenvalue weighted by Crippen LogP contribution is -2.30. The van der Waals surface area contributed by atoms with Crippen molar-refractivity contribution in [3.8, 4) is 0 Å². The number of carbonyl (C=O) groups excluding carboxylic acids is 4. The van der Waals surface area contributed by atoms with Gasteiger partial charge < -0.3 is 33.8 Å². The van der Waals surface area contributed by atoms with Gasteiger partial charge in [0.2, 0.25) is 0 Å². The highest BCUT2D eigenvalue weighted by molar-refractivity contribution is 7.47. The summed E-state index contributed by atoms with van der Waals surface area (Å²) in [6.45, 7) is 9.64. The second-order valence-electron chi connectivity index (χ2n) is 31.5. The highest BCUT2D eigenvalue weighted by Crippen LogP contribution is 2.45. The van der Waals surface area contributed by atoms with E-state index in [1.165, 1.54) is 263 Å². The summed E-state index contributed by atoms with van der Waals surface area (Å²) in [4.78, 5) is 73.1. The standard InChI is InChI=1S/C85H166O17P2/c1-7-9-11-13-15-17-19-21-23-24-25-29-32-36-39-43-49-55-61-67-82(87)95-73-80(101-84(89)70-64-58-51-45-41-37-33-30-27-26-28-31-34-38-42-47-53-59-65-77(3)4)75-99-103(91,92)97-71-79(86)72-98-104(93,94)100-76-81(74-96-83(88)68-62-56-52-46-48-54-60-66-78(5)6)102-85(90)69-63-57-50-44-40-35-22-20-18-16-14-12-10-8-2/h77-81,86H,7-76H2,1-6H3,(H,91,92)(H,93,94)/t79-,80-,81-/m1/s1. The van der Waals surface area contributed by atoms with E-state index in [1.807, 2.05) is 0 Å². The van der Waals surface area contributed by atoms with Crippen molar-refractivity contribution in [3.63, 3.8) is 0 Å². The number of ether oxygens (including phenoxy) is 4. The molecule has 0 radical (unpaired) electrons. The molecule has 0 bridgehead atoms. The van der Waals surface area contributed by atoms with Gasteiger partial charge in [-0.05, 0) is 37.5 Å². The molecule has 0 fully saturated rings. The smallest absolute Gasteiger partial charge is 0.462 e. The molecule has 2 unspecified atom stereocenters. The van der Waals surface area contributed by atoms with Crippen LogP contribution in [0.15, 0.2) is 0 Å². The van der Waals surface area contributed by atoms with Crippen molar-refractivity contribution in [1.29, 1.82) is 0 Å². The largest absolute Gasteiger partial charge is 0.472 e. The van der Waals surface area contributed by atoms with Gasteiger partial charge in [0.1, 0.15) is 19.3 Å². The third-order valence-corrected chi connectivity index (χ3v) is 21.9. The van der Waals surface area contributed by atoms with Gasteiger partial charge >= 0.3 is 39.5 Å². The lowest BCUT2D eigenvalue weighted by molar-refractivity contribution is -0.161. The van der Waals surface area contributed by atoms with Gasteiger partial charge in [-0.1, -0.05) is 401 Å². The van der Waals surface area contributed by atoms with E-state index in [2.05, 4.69) is 41.5 Å². The van der Waals surface area contributed by atoms with Gasteiger partial charge in [-0.2, -0.15) is 0 Å². The summed E-state index contributed by atoms with van der Waals surface area (Å²) >= 11 is 0. The van der Waals surface area contributed by atoms with E-state index in [4.69, 9.17) is 37.0 Å². The van der Waals surface area contributed by atoms with Crippen molar-refractivity contribution in [1.82, 2.24) is 0 Å². The van der Waals surface area contributed by atoms with E-state index in [9.17, 15) is 43.2 Å². The quantitative estimate of drug-likeness (QED) is 0.0222. The fraction of sp³-hybridized carbons (Fsp3) is 0.953. The van der Waals surface area contributed by atoms with Crippen LogP contribution < -0.4 is 0 Å². The molecule has 0 aliphatic rings. The van der Waals surface area contributed by atoms with Crippen molar-refractivity contribution in [3.05, 3.63) is 0 Å². The van der Waals surface area contributed by atoms with E-state index in [0.717, 1.165) is 102 Å². The zero-order chi connectivity index (χ0) is 76.4. The minimum Gasteiger partial charge on any atom is -0.462 e.